The van der Waals surface area contributed by atoms with E-state index in [4.69, 9.17) is 4.74 Å². The van der Waals surface area contributed by atoms with Crippen molar-refractivity contribution in [2.24, 2.45) is 5.92 Å². The minimum absolute atomic E-state index is 0.130. The number of rotatable bonds is 5. The van der Waals surface area contributed by atoms with Crippen LogP contribution in [0.25, 0.3) is 22.3 Å². The van der Waals surface area contributed by atoms with Crippen LogP contribution in [-0.2, 0) is 4.79 Å². The second-order valence-electron chi connectivity index (χ2n) is 8.17. The molecule has 1 saturated carbocycles. The zero-order valence-corrected chi connectivity index (χ0v) is 16.2. The van der Waals surface area contributed by atoms with Gasteiger partial charge in [-0.3, -0.25) is 5.10 Å². The molecule has 0 bridgehead atoms. The van der Waals surface area contributed by atoms with Gasteiger partial charge in [0.2, 0.25) is 0 Å². The second-order valence-corrected chi connectivity index (χ2v) is 8.17. The number of nitrogens with zero attached hydrogens (tertiary/aromatic N) is 4. The van der Waals surface area contributed by atoms with E-state index < -0.39 is 5.82 Å². The Labute approximate surface area is 167 Å². The van der Waals surface area contributed by atoms with Crippen molar-refractivity contribution in [3.05, 3.63) is 30.3 Å². The number of fused-ring (bicyclic) bond motifs is 1. The number of carbonyl (C=O) groups excluding carboxylic acids is 1. The Balaban J connectivity index is 1.47. The van der Waals surface area contributed by atoms with Crippen LogP contribution in [0.1, 0.15) is 32.6 Å². The van der Waals surface area contributed by atoms with Gasteiger partial charge in [0.15, 0.2) is 11.6 Å². The van der Waals surface area contributed by atoms with Crippen LogP contribution in [0.5, 0.6) is 5.75 Å². The predicted molar refractivity (Wildman–Crippen MR) is 106 cm³/mol. The van der Waals surface area contributed by atoms with Crippen molar-refractivity contribution in [2.75, 3.05) is 18.0 Å². The first-order valence-electron chi connectivity index (χ1n) is 9.94. The van der Waals surface area contributed by atoms with Gasteiger partial charge in [-0.1, -0.05) is 0 Å². The first-order valence-corrected chi connectivity index (χ1v) is 9.94. The number of H-pyrrole nitrogens is 1. The highest BCUT2D eigenvalue weighted by atomic mass is 19.1. The molecule has 1 aliphatic carbocycles. The molecule has 3 heterocycles. The molecule has 1 N–H and O–H groups in total. The van der Waals surface area contributed by atoms with Crippen LogP contribution in [0.4, 0.5) is 10.2 Å². The predicted octanol–water partition coefficient (Wildman–Crippen LogP) is 3.51. The standard InChI is InChI=1S/C21H22FN5O2/c1-21(4-5-21)29-18-8-14-16(9-15(18)22)25-26-20(14)17-10-19(24-12-23-17)27-6-2-13(11-28)3-7-27/h8-13H,2-7H2,1H3,(H,25,26). The number of aldehydes is 1. The number of carbonyl (C=O) groups is 1. The number of aromatic nitrogens is 4. The number of anilines is 1. The summed E-state index contributed by atoms with van der Waals surface area (Å²) < 4.78 is 20.3. The minimum Gasteiger partial charge on any atom is -0.484 e. The molecule has 8 heteroatoms. The molecular weight excluding hydrogens is 373 g/mol. The number of nitrogens with one attached hydrogen (secondary N) is 1. The molecule has 5 rings (SSSR count). The molecule has 0 radical (unpaired) electrons. The van der Waals surface area contributed by atoms with E-state index in [1.165, 1.54) is 12.4 Å². The van der Waals surface area contributed by atoms with Gasteiger partial charge in [0.05, 0.1) is 16.9 Å². The lowest BCUT2D eigenvalue weighted by Crippen LogP contribution is -2.34. The number of piperidine rings is 1. The summed E-state index contributed by atoms with van der Waals surface area (Å²) in [5.41, 5.74) is 1.65. The van der Waals surface area contributed by atoms with Crippen LogP contribution >= 0.6 is 0 Å². The maximum absolute atomic E-state index is 14.4. The fourth-order valence-electron chi connectivity index (χ4n) is 3.75. The molecule has 2 fully saturated rings. The van der Waals surface area contributed by atoms with Gasteiger partial charge in [-0.05, 0) is 38.7 Å². The van der Waals surface area contributed by atoms with E-state index in [2.05, 4.69) is 25.1 Å². The lowest BCUT2D eigenvalue weighted by molar-refractivity contribution is -0.111. The van der Waals surface area contributed by atoms with Gasteiger partial charge in [-0.25, -0.2) is 14.4 Å². The minimum atomic E-state index is -0.412. The molecule has 150 valence electrons. The summed E-state index contributed by atoms with van der Waals surface area (Å²) in [4.78, 5) is 21.9. The van der Waals surface area contributed by atoms with Crippen molar-refractivity contribution in [3.8, 4) is 17.1 Å². The van der Waals surface area contributed by atoms with Crippen molar-refractivity contribution in [3.63, 3.8) is 0 Å². The molecule has 0 spiro atoms. The molecule has 2 aromatic heterocycles. The van der Waals surface area contributed by atoms with E-state index in [9.17, 15) is 9.18 Å². The average Bonchev–Trinajstić information content (AvgIpc) is 3.33. The van der Waals surface area contributed by atoms with Gasteiger partial charge in [0, 0.05) is 36.5 Å². The van der Waals surface area contributed by atoms with Gasteiger partial charge in [-0.2, -0.15) is 5.10 Å². The zero-order valence-electron chi connectivity index (χ0n) is 16.2. The maximum Gasteiger partial charge on any atom is 0.167 e. The quantitative estimate of drug-likeness (QED) is 0.666. The molecule has 7 nitrogen and oxygen atoms in total. The van der Waals surface area contributed by atoms with Gasteiger partial charge >= 0.3 is 0 Å². The number of benzene rings is 1. The third-order valence-electron chi connectivity index (χ3n) is 5.88. The summed E-state index contributed by atoms with van der Waals surface area (Å²) in [6, 6.07) is 4.99. The molecule has 0 atom stereocenters. The van der Waals surface area contributed by atoms with Crippen molar-refractivity contribution in [1.82, 2.24) is 20.2 Å². The largest absolute Gasteiger partial charge is 0.484 e. The average molecular weight is 395 g/mol. The number of ether oxygens (including phenoxy) is 1. The first-order chi connectivity index (χ1) is 14.0. The number of halogens is 1. The molecule has 1 aliphatic heterocycles. The Morgan fingerprint density at radius 1 is 1.24 bits per heavy atom. The highest BCUT2D eigenvalue weighted by molar-refractivity contribution is 5.93. The molecule has 29 heavy (non-hydrogen) atoms. The Kier molecular flexibility index (Phi) is 4.22. The highest BCUT2D eigenvalue weighted by Crippen LogP contribution is 2.41. The highest BCUT2D eigenvalue weighted by Gasteiger charge is 2.40. The molecule has 1 aromatic carbocycles. The summed E-state index contributed by atoms with van der Waals surface area (Å²) in [6.45, 7) is 3.55. The van der Waals surface area contributed by atoms with E-state index in [1.54, 1.807) is 6.07 Å². The number of hydrogen-bond acceptors (Lipinski definition) is 6. The Hall–Kier alpha value is -3.03. The summed E-state index contributed by atoms with van der Waals surface area (Å²) in [6.07, 6.45) is 6.08. The third-order valence-corrected chi connectivity index (χ3v) is 5.88. The zero-order chi connectivity index (χ0) is 20.0. The fourth-order valence-corrected chi connectivity index (χ4v) is 3.75. The van der Waals surface area contributed by atoms with Crippen LogP contribution < -0.4 is 9.64 Å². The van der Waals surface area contributed by atoms with Gasteiger partial charge < -0.3 is 14.4 Å². The van der Waals surface area contributed by atoms with Crippen molar-refractivity contribution >= 4 is 23.0 Å². The van der Waals surface area contributed by atoms with Gasteiger partial charge in [-0.15, -0.1) is 0 Å². The monoisotopic (exact) mass is 395 g/mol. The van der Waals surface area contributed by atoms with E-state index in [1.807, 2.05) is 13.0 Å². The SMILES string of the molecule is CC1(Oc2cc3c(-c4cc(N5CCC(C=O)CC5)ncn4)[nH]nc3cc2F)CC1. The molecule has 3 aromatic rings. The Morgan fingerprint density at radius 3 is 2.76 bits per heavy atom. The van der Waals surface area contributed by atoms with Crippen LogP contribution in [0.15, 0.2) is 24.5 Å². The van der Waals surface area contributed by atoms with Crippen molar-refractivity contribution in [2.45, 2.75) is 38.2 Å². The summed E-state index contributed by atoms with van der Waals surface area (Å²) in [7, 11) is 0. The molecule has 0 amide bonds. The topological polar surface area (TPSA) is 84.0 Å². The van der Waals surface area contributed by atoms with Crippen LogP contribution in [0, 0.1) is 11.7 Å². The maximum atomic E-state index is 14.4. The summed E-state index contributed by atoms with van der Waals surface area (Å²) in [5, 5.41) is 7.98. The van der Waals surface area contributed by atoms with E-state index in [0.717, 1.165) is 56.3 Å². The number of aromatic amines is 1. The smallest absolute Gasteiger partial charge is 0.167 e. The Morgan fingerprint density at radius 2 is 2.03 bits per heavy atom. The second kappa shape index (κ2) is 6.79. The molecule has 0 unspecified atom stereocenters. The van der Waals surface area contributed by atoms with Crippen LogP contribution in [-0.4, -0.2) is 45.1 Å². The molecular formula is C21H22FN5O2. The van der Waals surface area contributed by atoms with Crippen LogP contribution in [0.2, 0.25) is 0 Å². The van der Waals surface area contributed by atoms with Gasteiger partial charge in [0.25, 0.3) is 0 Å². The van der Waals surface area contributed by atoms with E-state index in [-0.39, 0.29) is 17.3 Å². The van der Waals surface area contributed by atoms with E-state index in [0.29, 0.717) is 16.9 Å². The van der Waals surface area contributed by atoms with Crippen molar-refractivity contribution < 1.29 is 13.9 Å². The molecule has 2 aliphatic rings. The first kappa shape index (κ1) is 18.0. The van der Waals surface area contributed by atoms with Gasteiger partial charge in [0.1, 0.15) is 24.0 Å². The molecule has 1 saturated heterocycles. The fraction of sp³-hybridized carbons (Fsp3) is 0.429. The summed E-state index contributed by atoms with van der Waals surface area (Å²) >= 11 is 0. The van der Waals surface area contributed by atoms with Crippen molar-refractivity contribution in [1.29, 1.82) is 0 Å². The lowest BCUT2D eigenvalue weighted by Gasteiger charge is -2.30. The Bertz CT molecular complexity index is 1070. The third kappa shape index (κ3) is 3.43. The van der Waals surface area contributed by atoms with E-state index >= 15 is 0 Å². The van der Waals surface area contributed by atoms with Crippen LogP contribution in [0.3, 0.4) is 0 Å². The number of hydrogen-bond donors (Lipinski definition) is 1. The lowest BCUT2D eigenvalue weighted by atomic mass is 9.98. The normalized spacial score (nSPS) is 18.8. The summed E-state index contributed by atoms with van der Waals surface area (Å²) in [5.74, 6) is 0.771.